The van der Waals surface area contributed by atoms with Gasteiger partial charge in [0.2, 0.25) is 10.0 Å². The molecule has 1 aliphatic rings. The van der Waals surface area contributed by atoms with E-state index in [0.717, 1.165) is 31.6 Å². The Bertz CT molecular complexity index is 589. The number of hydrogen-bond acceptors (Lipinski definition) is 4. The van der Waals surface area contributed by atoms with E-state index in [9.17, 15) is 12.8 Å². The van der Waals surface area contributed by atoms with E-state index in [-0.39, 0.29) is 21.0 Å². The molecule has 1 unspecified atom stereocenters. The second kappa shape index (κ2) is 6.38. The standard InChI is InChI=1S/C12H16BrFN2O3S/c13-9-4-10(14)11(15)5-12(9)20(17,18)16-6-8-2-1-3-19-7-8/h4-5,8,16H,1-3,6-7,15H2. The third-order valence-corrected chi connectivity index (χ3v) is 5.54. The number of ether oxygens (including phenoxy) is 1. The Morgan fingerprint density at radius 1 is 1.50 bits per heavy atom. The molecule has 1 heterocycles. The van der Waals surface area contributed by atoms with Gasteiger partial charge in [0.25, 0.3) is 0 Å². The van der Waals surface area contributed by atoms with Crippen molar-refractivity contribution in [3.8, 4) is 0 Å². The minimum absolute atomic E-state index is 0.0619. The predicted octanol–water partition coefficient (Wildman–Crippen LogP) is 1.88. The van der Waals surface area contributed by atoms with Crippen LogP contribution >= 0.6 is 15.9 Å². The van der Waals surface area contributed by atoms with Gasteiger partial charge in [-0.15, -0.1) is 0 Å². The minimum atomic E-state index is -3.73. The minimum Gasteiger partial charge on any atom is -0.396 e. The van der Waals surface area contributed by atoms with Crippen LogP contribution < -0.4 is 10.5 Å². The maximum Gasteiger partial charge on any atom is 0.241 e. The fraction of sp³-hybridized carbons (Fsp3) is 0.500. The summed E-state index contributed by atoms with van der Waals surface area (Å²) in [5.41, 5.74) is 5.22. The molecule has 8 heteroatoms. The van der Waals surface area contributed by atoms with Gasteiger partial charge in [-0.2, -0.15) is 0 Å². The average Bonchev–Trinajstić information content (AvgIpc) is 2.42. The Kier molecular flexibility index (Phi) is 5.00. The van der Waals surface area contributed by atoms with Crippen LogP contribution in [-0.2, 0) is 14.8 Å². The number of rotatable bonds is 4. The lowest BCUT2D eigenvalue weighted by Crippen LogP contribution is -2.33. The summed E-state index contributed by atoms with van der Waals surface area (Å²) in [5, 5.41) is 0. The van der Waals surface area contributed by atoms with E-state index in [1.807, 2.05) is 0 Å². The first kappa shape index (κ1) is 15.7. The van der Waals surface area contributed by atoms with Gasteiger partial charge in [-0.3, -0.25) is 0 Å². The summed E-state index contributed by atoms with van der Waals surface area (Å²) in [5.74, 6) is -0.494. The summed E-state index contributed by atoms with van der Waals surface area (Å²) in [7, 11) is -3.73. The van der Waals surface area contributed by atoms with Crippen LogP contribution in [0.4, 0.5) is 10.1 Å². The van der Waals surface area contributed by atoms with Crippen molar-refractivity contribution in [2.45, 2.75) is 17.7 Å². The third-order valence-electron chi connectivity index (χ3n) is 3.16. The van der Waals surface area contributed by atoms with Crippen molar-refractivity contribution >= 4 is 31.6 Å². The first-order valence-electron chi connectivity index (χ1n) is 6.22. The zero-order valence-corrected chi connectivity index (χ0v) is 13.1. The van der Waals surface area contributed by atoms with Gasteiger partial charge in [0.15, 0.2) is 0 Å². The molecule has 0 aromatic heterocycles. The van der Waals surface area contributed by atoms with Crippen molar-refractivity contribution in [3.05, 3.63) is 22.4 Å². The van der Waals surface area contributed by atoms with Crippen LogP contribution in [0, 0.1) is 11.7 Å². The van der Waals surface area contributed by atoms with Gasteiger partial charge in [0.1, 0.15) is 5.82 Å². The average molecular weight is 367 g/mol. The first-order chi connectivity index (χ1) is 9.40. The zero-order chi connectivity index (χ0) is 14.8. The fourth-order valence-corrected chi connectivity index (χ4v) is 4.19. The van der Waals surface area contributed by atoms with Gasteiger partial charge in [-0.05, 0) is 46.8 Å². The molecule has 2 rings (SSSR count). The highest BCUT2D eigenvalue weighted by atomic mass is 79.9. The largest absolute Gasteiger partial charge is 0.396 e. The van der Waals surface area contributed by atoms with Gasteiger partial charge >= 0.3 is 0 Å². The number of benzene rings is 1. The molecule has 1 aliphatic heterocycles. The van der Waals surface area contributed by atoms with Crippen LogP contribution in [0.2, 0.25) is 0 Å². The van der Waals surface area contributed by atoms with Crippen LogP contribution in [-0.4, -0.2) is 28.2 Å². The van der Waals surface area contributed by atoms with E-state index in [4.69, 9.17) is 10.5 Å². The molecule has 0 bridgehead atoms. The van der Waals surface area contributed by atoms with Crippen molar-refractivity contribution in [1.82, 2.24) is 4.72 Å². The molecule has 1 aromatic carbocycles. The van der Waals surface area contributed by atoms with Crippen molar-refractivity contribution < 1.29 is 17.5 Å². The molecule has 0 radical (unpaired) electrons. The number of hydrogen-bond donors (Lipinski definition) is 2. The van der Waals surface area contributed by atoms with Crippen LogP contribution in [0.3, 0.4) is 0 Å². The smallest absolute Gasteiger partial charge is 0.241 e. The molecule has 1 saturated heterocycles. The lowest BCUT2D eigenvalue weighted by Gasteiger charge is -2.22. The first-order valence-corrected chi connectivity index (χ1v) is 8.49. The molecule has 1 fully saturated rings. The molecule has 0 saturated carbocycles. The van der Waals surface area contributed by atoms with E-state index in [0.29, 0.717) is 13.2 Å². The van der Waals surface area contributed by atoms with Crippen molar-refractivity contribution in [2.24, 2.45) is 5.92 Å². The molecular weight excluding hydrogens is 351 g/mol. The van der Waals surface area contributed by atoms with Crippen molar-refractivity contribution in [3.63, 3.8) is 0 Å². The van der Waals surface area contributed by atoms with E-state index >= 15 is 0 Å². The van der Waals surface area contributed by atoms with E-state index in [1.165, 1.54) is 0 Å². The molecule has 1 atom stereocenters. The fourth-order valence-electron chi connectivity index (χ4n) is 2.02. The van der Waals surface area contributed by atoms with Crippen LogP contribution in [0.15, 0.2) is 21.5 Å². The Morgan fingerprint density at radius 2 is 2.25 bits per heavy atom. The molecule has 112 valence electrons. The molecule has 0 spiro atoms. The van der Waals surface area contributed by atoms with E-state index in [1.54, 1.807) is 0 Å². The second-order valence-corrected chi connectivity index (χ2v) is 7.33. The summed E-state index contributed by atoms with van der Waals surface area (Å²) in [6.45, 7) is 1.57. The van der Waals surface area contributed by atoms with Gasteiger partial charge in [0, 0.05) is 17.6 Å². The maximum absolute atomic E-state index is 13.2. The lowest BCUT2D eigenvalue weighted by atomic mass is 10.0. The SMILES string of the molecule is Nc1cc(S(=O)(=O)NCC2CCCOC2)c(Br)cc1F. The van der Waals surface area contributed by atoms with Gasteiger partial charge < -0.3 is 10.5 Å². The van der Waals surface area contributed by atoms with Crippen molar-refractivity contribution in [2.75, 3.05) is 25.5 Å². The number of halogens is 2. The molecule has 0 aliphatic carbocycles. The molecule has 0 amide bonds. The Labute approximate surface area is 125 Å². The monoisotopic (exact) mass is 366 g/mol. The molecule has 3 N–H and O–H groups in total. The summed E-state index contributed by atoms with van der Waals surface area (Å²) in [6, 6.07) is 2.16. The van der Waals surface area contributed by atoms with Gasteiger partial charge in [-0.1, -0.05) is 0 Å². The number of nitrogens with two attached hydrogens (primary N) is 1. The maximum atomic E-state index is 13.2. The van der Waals surface area contributed by atoms with Crippen LogP contribution in [0.25, 0.3) is 0 Å². The second-order valence-electron chi connectivity index (χ2n) is 4.74. The Morgan fingerprint density at radius 3 is 2.90 bits per heavy atom. The summed E-state index contributed by atoms with van der Waals surface area (Å²) in [4.78, 5) is -0.0619. The quantitative estimate of drug-likeness (QED) is 0.797. The number of nitrogens with one attached hydrogen (secondary N) is 1. The van der Waals surface area contributed by atoms with Crippen molar-refractivity contribution in [1.29, 1.82) is 0 Å². The predicted molar refractivity (Wildman–Crippen MR) is 77.2 cm³/mol. The lowest BCUT2D eigenvalue weighted by molar-refractivity contribution is 0.0568. The summed E-state index contributed by atoms with van der Waals surface area (Å²) < 4.78 is 45.6. The van der Waals surface area contributed by atoms with E-state index in [2.05, 4.69) is 20.7 Å². The molecule has 20 heavy (non-hydrogen) atoms. The molecule has 1 aromatic rings. The third kappa shape index (κ3) is 3.69. The summed E-state index contributed by atoms with van der Waals surface area (Å²) in [6.07, 6.45) is 1.86. The normalized spacial score (nSPS) is 20.0. The topological polar surface area (TPSA) is 81.4 Å². The highest BCUT2D eigenvalue weighted by Gasteiger charge is 2.22. The molecular formula is C12H16BrFN2O3S. The summed E-state index contributed by atoms with van der Waals surface area (Å²) >= 11 is 3.04. The van der Waals surface area contributed by atoms with Gasteiger partial charge in [-0.25, -0.2) is 17.5 Å². The van der Waals surface area contributed by atoms with Gasteiger partial charge in [0.05, 0.1) is 17.2 Å². The number of anilines is 1. The number of nitrogen functional groups attached to an aromatic ring is 1. The van der Waals surface area contributed by atoms with Crippen LogP contribution in [0.1, 0.15) is 12.8 Å². The highest BCUT2D eigenvalue weighted by molar-refractivity contribution is 9.10. The Balaban J connectivity index is 2.11. The van der Waals surface area contributed by atoms with Crippen LogP contribution in [0.5, 0.6) is 0 Å². The highest BCUT2D eigenvalue weighted by Crippen LogP contribution is 2.26. The zero-order valence-electron chi connectivity index (χ0n) is 10.7. The molecule has 5 nitrogen and oxygen atoms in total. The van der Waals surface area contributed by atoms with E-state index < -0.39 is 15.8 Å². The Hall–Kier alpha value is -0.700. The number of sulfonamides is 1.